The summed E-state index contributed by atoms with van der Waals surface area (Å²) in [5.41, 5.74) is -0.548. The van der Waals surface area contributed by atoms with Gasteiger partial charge in [0, 0.05) is 25.6 Å². The highest BCUT2D eigenvalue weighted by atomic mass is 16.6. The third-order valence-electron chi connectivity index (χ3n) is 2.40. The van der Waals surface area contributed by atoms with Gasteiger partial charge in [-0.2, -0.15) is 0 Å². The molecule has 0 unspecified atom stereocenters. The third-order valence-corrected chi connectivity index (χ3v) is 2.40. The van der Waals surface area contributed by atoms with Crippen LogP contribution in [0, 0.1) is 10.1 Å². The summed E-state index contributed by atoms with van der Waals surface area (Å²) < 4.78 is 0. The summed E-state index contributed by atoms with van der Waals surface area (Å²) in [6.07, 6.45) is 1.41. The van der Waals surface area contributed by atoms with E-state index in [2.05, 4.69) is 25.9 Å². The summed E-state index contributed by atoms with van der Waals surface area (Å²) in [6, 6.07) is 0. The molecule has 0 fully saturated rings. The molecular weight excluding hydrogens is 276 g/mol. The fraction of sp³-hybridized carbons (Fsp3) is 0.583. The Hall–Kier alpha value is -2.45. The number of carbonyl (C=O) groups excluding carboxylic acids is 1. The Morgan fingerprint density at radius 1 is 1.33 bits per heavy atom. The Morgan fingerprint density at radius 3 is 2.48 bits per heavy atom. The van der Waals surface area contributed by atoms with Crippen molar-refractivity contribution in [2.45, 2.75) is 32.7 Å². The van der Waals surface area contributed by atoms with Crippen LogP contribution >= 0.6 is 0 Å². The van der Waals surface area contributed by atoms with Crippen molar-refractivity contribution < 1.29 is 9.72 Å². The number of nitro groups is 1. The average Bonchev–Trinajstić information content (AvgIpc) is 2.35. The minimum atomic E-state index is -0.566. The summed E-state index contributed by atoms with van der Waals surface area (Å²) >= 11 is 0. The number of anilines is 2. The van der Waals surface area contributed by atoms with E-state index in [9.17, 15) is 14.9 Å². The van der Waals surface area contributed by atoms with E-state index < -0.39 is 4.92 Å². The van der Waals surface area contributed by atoms with E-state index in [-0.39, 0.29) is 41.7 Å². The zero-order valence-electron chi connectivity index (χ0n) is 12.6. The topological polar surface area (TPSA) is 122 Å². The van der Waals surface area contributed by atoms with Gasteiger partial charge in [-0.25, -0.2) is 9.97 Å². The highest BCUT2D eigenvalue weighted by Gasteiger charge is 2.22. The Bertz CT molecular complexity index is 526. The minimum Gasteiger partial charge on any atom is -0.367 e. The van der Waals surface area contributed by atoms with E-state index in [4.69, 9.17) is 0 Å². The number of rotatable bonds is 6. The van der Waals surface area contributed by atoms with Gasteiger partial charge in [0.15, 0.2) is 0 Å². The molecule has 1 amide bonds. The van der Waals surface area contributed by atoms with Crippen LogP contribution in [0.1, 0.15) is 27.2 Å². The maximum Gasteiger partial charge on any atom is 0.353 e. The van der Waals surface area contributed by atoms with Gasteiger partial charge in [-0.3, -0.25) is 14.9 Å². The molecule has 1 aromatic rings. The van der Waals surface area contributed by atoms with Crippen LogP contribution in [-0.2, 0) is 4.79 Å². The molecule has 0 aliphatic carbocycles. The van der Waals surface area contributed by atoms with Crippen molar-refractivity contribution in [2.24, 2.45) is 0 Å². The quantitative estimate of drug-likeness (QED) is 0.531. The molecule has 1 aromatic heterocycles. The van der Waals surface area contributed by atoms with Crippen LogP contribution in [0.4, 0.5) is 17.3 Å². The van der Waals surface area contributed by atoms with E-state index in [1.165, 1.54) is 13.4 Å². The first-order valence-corrected chi connectivity index (χ1v) is 6.46. The smallest absolute Gasteiger partial charge is 0.353 e. The number of aromatic nitrogens is 2. The highest BCUT2D eigenvalue weighted by Crippen LogP contribution is 2.28. The lowest BCUT2D eigenvalue weighted by molar-refractivity contribution is -0.383. The second kappa shape index (κ2) is 6.82. The number of hydrogen-bond donors (Lipinski definition) is 3. The van der Waals surface area contributed by atoms with Gasteiger partial charge in [0.25, 0.3) is 0 Å². The van der Waals surface area contributed by atoms with Crippen LogP contribution in [0.25, 0.3) is 0 Å². The zero-order valence-corrected chi connectivity index (χ0v) is 12.6. The third kappa shape index (κ3) is 5.21. The van der Waals surface area contributed by atoms with Crippen LogP contribution in [-0.4, -0.2) is 39.9 Å². The first-order valence-electron chi connectivity index (χ1n) is 6.46. The molecule has 9 nitrogen and oxygen atoms in total. The second-order valence-corrected chi connectivity index (χ2v) is 5.40. The summed E-state index contributed by atoms with van der Waals surface area (Å²) in [4.78, 5) is 29.8. The molecule has 0 saturated carbocycles. The molecule has 0 atom stereocenters. The summed E-state index contributed by atoms with van der Waals surface area (Å²) in [7, 11) is 1.54. The Labute approximate surface area is 122 Å². The van der Waals surface area contributed by atoms with Crippen molar-refractivity contribution in [3.05, 3.63) is 16.4 Å². The van der Waals surface area contributed by atoms with Crippen molar-refractivity contribution >= 4 is 23.2 Å². The van der Waals surface area contributed by atoms with Crippen molar-refractivity contribution in [2.75, 3.05) is 24.2 Å². The summed E-state index contributed by atoms with van der Waals surface area (Å²) in [5, 5.41) is 19.3. The Balaban J connectivity index is 2.68. The number of hydrogen-bond acceptors (Lipinski definition) is 7. The maximum absolute atomic E-state index is 11.7. The maximum atomic E-state index is 11.7. The van der Waals surface area contributed by atoms with E-state index in [1.807, 2.05) is 20.8 Å². The molecule has 0 radical (unpaired) electrons. The first-order chi connectivity index (χ1) is 9.74. The summed E-state index contributed by atoms with van der Waals surface area (Å²) in [5.74, 6) is 0.0695. The fourth-order valence-corrected chi connectivity index (χ4v) is 1.64. The standard InChI is InChI=1S/C12H20N6O3/c1-12(2,3)17-8(19)5-6-14-11-9(18(20)21)10(13-4)15-7-16-11/h7H,5-6H2,1-4H3,(H,17,19)(H2,13,14,15,16). The van der Waals surface area contributed by atoms with Crippen molar-refractivity contribution in [1.29, 1.82) is 0 Å². The predicted octanol–water partition coefficient (Wildman–Crippen LogP) is 1.14. The molecule has 3 N–H and O–H groups in total. The molecule has 0 bridgehead atoms. The van der Waals surface area contributed by atoms with Gasteiger partial charge < -0.3 is 16.0 Å². The lowest BCUT2D eigenvalue weighted by Gasteiger charge is -2.20. The molecule has 0 aromatic carbocycles. The number of amides is 1. The van der Waals surface area contributed by atoms with Crippen LogP contribution in [0.2, 0.25) is 0 Å². The molecule has 0 aliphatic rings. The normalized spacial score (nSPS) is 10.9. The molecule has 116 valence electrons. The van der Waals surface area contributed by atoms with Crippen molar-refractivity contribution in [1.82, 2.24) is 15.3 Å². The predicted molar refractivity (Wildman–Crippen MR) is 79.2 cm³/mol. The monoisotopic (exact) mass is 296 g/mol. The van der Waals surface area contributed by atoms with Gasteiger partial charge in [0.2, 0.25) is 17.5 Å². The minimum absolute atomic E-state index is 0.0860. The van der Waals surface area contributed by atoms with Gasteiger partial charge in [-0.05, 0) is 20.8 Å². The highest BCUT2D eigenvalue weighted by molar-refractivity contribution is 5.77. The Morgan fingerprint density at radius 2 is 1.95 bits per heavy atom. The molecule has 1 heterocycles. The molecule has 1 rings (SSSR count). The lowest BCUT2D eigenvalue weighted by Crippen LogP contribution is -2.41. The SMILES string of the molecule is CNc1ncnc(NCCC(=O)NC(C)(C)C)c1[N+](=O)[O-]. The van der Waals surface area contributed by atoms with Crippen LogP contribution < -0.4 is 16.0 Å². The second-order valence-electron chi connectivity index (χ2n) is 5.40. The molecule has 21 heavy (non-hydrogen) atoms. The number of nitrogens with zero attached hydrogens (tertiary/aromatic N) is 3. The first kappa shape index (κ1) is 16.6. The van der Waals surface area contributed by atoms with Crippen molar-refractivity contribution in [3.63, 3.8) is 0 Å². The van der Waals surface area contributed by atoms with Crippen LogP contribution in [0.5, 0.6) is 0 Å². The Kier molecular flexibility index (Phi) is 5.39. The zero-order chi connectivity index (χ0) is 16.0. The van der Waals surface area contributed by atoms with Crippen LogP contribution in [0.3, 0.4) is 0 Å². The molecule has 0 spiro atoms. The van der Waals surface area contributed by atoms with Gasteiger partial charge in [0.05, 0.1) is 4.92 Å². The van der Waals surface area contributed by atoms with Crippen molar-refractivity contribution in [3.8, 4) is 0 Å². The van der Waals surface area contributed by atoms with Crippen LogP contribution in [0.15, 0.2) is 6.33 Å². The van der Waals surface area contributed by atoms with Gasteiger partial charge in [-0.1, -0.05) is 0 Å². The summed E-state index contributed by atoms with van der Waals surface area (Å²) in [6.45, 7) is 5.88. The number of nitrogens with one attached hydrogen (secondary N) is 3. The van der Waals surface area contributed by atoms with Gasteiger partial charge >= 0.3 is 5.69 Å². The van der Waals surface area contributed by atoms with E-state index in [1.54, 1.807) is 0 Å². The largest absolute Gasteiger partial charge is 0.367 e. The average molecular weight is 296 g/mol. The fourth-order valence-electron chi connectivity index (χ4n) is 1.64. The molecular formula is C12H20N6O3. The number of carbonyl (C=O) groups is 1. The van der Waals surface area contributed by atoms with Gasteiger partial charge in [-0.15, -0.1) is 0 Å². The molecule has 0 aliphatic heterocycles. The lowest BCUT2D eigenvalue weighted by atomic mass is 10.1. The van der Waals surface area contributed by atoms with Gasteiger partial charge in [0.1, 0.15) is 6.33 Å². The molecule has 0 saturated heterocycles. The van der Waals surface area contributed by atoms with E-state index >= 15 is 0 Å². The van der Waals surface area contributed by atoms with E-state index in [0.29, 0.717) is 0 Å². The van der Waals surface area contributed by atoms with E-state index in [0.717, 1.165) is 0 Å². The molecule has 9 heteroatoms.